The molecule has 0 spiro atoms. The van der Waals surface area contributed by atoms with E-state index >= 15 is 0 Å². The molecule has 0 bridgehead atoms. The predicted molar refractivity (Wildman–Crippen MR) is 111 cm³/mol. The minimum Gasteiger partial charge on any atom is -0.355 e. The van der Waals surface area contributed by atoms with Crippen molar-refractivity contribution in [3.63, 3.8) is 0 Å². The van der Waals surface area contributed by atoms with Crippen LogP contribution < -0.4 is 4.90 Å². The third-order valence-electron chi connectivity index (χ3n) is 5.66. The molecule has 3 heterocycles. The fraction of sp³-hybridized carbons (Fsp3) is 0.545. The van der Waals surface area contributed by atoms with Gasteiger partial charge in [0, 0.05) is 55.4 Å². The Bertz CT molecular complexity index is 887. The van der Waals surface area contributed by atoms with E-state index < -0.39 is 11.7 Å². The lowest BCUT2D eigenvalue weighted by atomic mass is 10.1. The Morgan fingerprint density at radius 2 is 1.87 bits per heavy atom. The van der Waals surface area contributed by atoms with Crippen LogP contribution >= 0.6 is 0 Å². The minimum atomic E-state index is -4.38. The van der Waals surface area contributed by atoms with E-state index in [0.717, 1.165) is 42.2 Å². The summed E-state index contributed by atoms with van der Waals surface area (Å²) in [6.07, 6.45) is -2.68. The van der Waals surface area contributed by atoms with Gasteiger partial charge < -0.3 is 9.47 Å². The summed E-state index contributed by atoms with van der Waals surface area (Å²) >= 11 is 0. The Labute approximate surface area is 175 Å². The SMILES string of the molecule is Cc1cc(C(=O)CN2CCCN(c3ccc(C(F)(F)F)cn3)CC2)c(C)n1C(C)C. The van der Waals surface area contributed by atoms with Crippen molar-refractivity contribution in [1.82, 2.24) is 14.5 Å². The highest BCUT2D eigenvalue weighted by Gasteiger charge is 2.31. The maximum absolute atomic E-state index is 12.9. The van der Waals surface area contributed by atoms with Crippen molar-refractivity contribution in [1.29, 1.82) is 0 Å². The molecule has 5 nitrogen and oxygen atoms in total. The van der Waals surface area contributed by atoms with Crippen LogP contribution in [0.2, 0.25) is 0 Å². The Morgan fingerprint density at radius 3 is 2.43 bits per heavy atom. The standard InChI is InChI=1S/C22H29F3N4O/c1-15(2)29-16(3)12-19(17(29)4)20(30)14-27-8-5-9-28(11-10-27)21-7-6-18(13-26-21)22(23,24)25/h6-7,12-13,15H,5,8-11,14H2,1-4H3. The molecular weight excluding hydrogens is 393 g/mol. The molecule has 1 aliphatic rings. The number of hydrogen-bond acceptors (Lipinski definition) is 4. The number of alkyl halides is 3. The summed E-state index contributed by atoms with van der Waals surface area (Å²) in [4.78, 5) is 21.0. The largest absolute Gasteiger partial charge is 0.417 e. The molecule has 0 aliphatic carbocycles. The fourth-order valence-corrected chi connectivity index (χ4v) is 4.24. The highest BCUT2D eigenvalue weighted by Crippen LogP contribution is 2.29. The number of aryl methyl sites for hydroxylation is 1. The molecule has 3 rings (SSSR count). The first-order chi connectivity index (χ1) is 14.1. The van der Waals surface area contributed by atoms with Gasteiger partial charge in [0.1, 0.15) is 5.82 Å². The van der Waals surface area contributed by atoms with Crippen molar-refractivity contribution in [3.8, 4) is 0 Å². The molecule has 1 fully saturated rings. The van der Waals surface area contributed by atoms with Crippen molar-refractivity contribution in [3.05, 3.63) is 46.9 Å². The van der Waals surface area contributed by atoms with E-state index in [1.54, 1.807) is 0 Å². The molecular formula is C22H29F3N4O. The molecule has 164 valence electrons. The third-order valence-corrected chi connectivity index (χ3v) is 5.66. The molecule has 0 radical (unpaired) electrons. The average Bonchev–Trinajstić information content (AvgIpc) is 2.83. The number of carbonyl (C=O) groups is 1. The summed E-state index contributed by atoms with van der Waals surface area (Å²) in [6.45, 7) is 11.3. The highest BCUT2D eigenvalue weighted by atomic mass is 19.4. The van der Waals surface area contributed by atoms with Crippen LogP contribution in [-0.2, 0) is 6.18 Å². The highest BCUT2D eigenvalue weighted by molar-refractivity contribution is 5.99. The van der Waals surface area contributed by atoms with Crippen LogP contribution in [0.5, 0.6) is 0 Å². The number of aromatic nitrogens is 2. The van der Waals surface area contributed by atoms with Gasteiger partial charge in [-0.3, -0.25) is 9.69 Å². The first kappa shape index (κ1) is 22.3. The van der Waals surface area contributed by atoms with E-state index in [2.05, 4.69) is 28.3 Å². The molecule has 1 saturated heterocycles. The minimum absolute atomic E-state index is 0.108. The van der Waals surface area contributed by atoms with E-state index in [9.17, 15) is 18.0 Å². The summed E-state index contributed by atoms with van der Waals surface area (Å²) in [5, 5.41) is 0. The van der Waals surface area contributed by atoms with E-state index in [-0.39, 0.29) is 5.78 Å². The molecule has 30 heavy (non-hydrogen) atoms. The third kappa shape index (κ3) is 4.86. The van der Waals surface area contributed by atoms with E-state index in [1.807, 2.05) is 24.8 Å². The number of pyridine rings is 1. The van der Waals surface area contributed by atoms with Gasteiger partial charge in [0.2, 0.25) is 0 Å². The topological polar surface area (TPSA) is 41.4 Å². The molecule has 0 aromatic carbocycles. The number of carbonyl (C=O) groups excluding carboxylic acids is 1. The molecule has 2 aromatic heterocycles. The van der Waals surface area contributed by atoms with Crippen molar-refractivity contribution in [2.45, 2.75) is 46.3 Å². The fourth-order valence-electron chi connectivity index (χ4n) is 4.24. The lowest BCUT2D eigenvalue weighted by molar-refractivity contribution is -0.137. The number of anilines is 1. The molecule has 0 atom stereocenters. The van der Waals surface area contributed by atoms with Crippen LogP contribution in [0.3, 0.4) is 0 Å². The van der Waals surface area contributed by atoms with Crippen LogP contribution in [0.1, 0.15) is 53.6 Å². The smallest absolute Gasteiger partial charge is 0.355 e. The number of nitrogens with zero attached hydrogens (tertiary/aromatic N) is 4. The molecule has 0 saturated carbocycles. The van der Waals surface area contributed by atoms with E-state index in [4.69, 9.17) is 0 Å². The summed E-state index contributed by atoms with van der Waals surface area (Å²) in [5.74, 6) is 0.646. The molecule has 8 heteroatoms. The van der Waals surface area contributed by atoms with Crippen LogP contribution in [-0.4, -0.2) is 53.0 Å². The van der Waals surface area contributed by atoms with Gasteiger partial charge in [0.05, 0.1) is 12.1 Å². The van der Waals surface area contributed by atoms with Gasteiger partial charge in [-0.05, 0) is 52.3 Å². The molecule has 0 amide bonds. The molecule has 0 N–H and O–H groups in total. The normalized spacial score (nSPS) is 16.2. The van der Waals surface area contributed by atoms with Gasteiger partial charge in [0.25, 0.3) is 0 Å². The number of ketones is 1. The second-order valence-corrected chi connectivity index (χ2v) is 8.19. The van der Waals surface area contributed by atoms with E-state index in [1.165, 1.54) is 6.07 Å². The van der Waals surface area contributed by atoms with Crippen molar-refractivity contribution >= 4 is 11.6 Å². The maximum Gasteiger partial charge on any atom is 0.417 e. The monoisotopic (exact) mass is 422 g/mol. The first-order valence-electron chi connectivity index (χ1n) is 10.3. The van der Waals surface area contributed by atoms with Crippen molar-refractivity contribution in [2.75, 3.05) is 37.6 Å². The second-order valence-electron chi connectivity index (χ2n) is 8.19. The number of hydrogen-bond donors (Lipinski definition) is 0. The van der Waals surface area contributed by atoms with Gasteiger partial charge >= 0.3 is 6.18 Å². The molecule has 2 aromatic rings. The van der Waals surface area contributed by atoms with Gasteiger partial charge in [0.15, 0.2) is 5.78 Å². The Balaban J connectivity index is 1.63. The van der Waals surface area contributed by atoms with Crippen LogP contribution in [0.25, 0.3) is 0 Å². The van der Waals surface area contributed by atoms with Crippen LogP contribution in [0.4, 0.5) is 19.0 Å². The second kappa shape index (κ2) is 8.79. The number of Topliss-reactive ketones (excluding diaryl/α,β-unsaturated/α-hetero) is 1. The van der Waals surface area contributed by atoms with Crippen LogP contribution in [0, 0.1) is 13.8 Å². The molecule has 1 aliphatic heterocycles. The summed E-state index contributed by atoms with van der Waals surface area (Å²) in [7, 11) is 0. The Hall–Kier alpha value is -2.35. The Kier molecular flexibility index (Phi) is 6.55. The summed E-state index contributed by atoms with van der Waals surface area (Å²) in [6, 6.07) is 4.76. The lowest BCUT2D eigenvalue weighted by Gasteiger charge is -2.22. The van der Waals surface area contributed by atoms with Crippen molar-refractivity contribution < 1.29 is 18.0 Å². The summed E-state index contributed by atoms with van der Waals surface area (Å²) < 4.78 is 40.4. The Morgan fingerprint density at radius 1 is 1.13 bits per heavy atom. The van der Waals surface area contributed by atoms with Crippen molar-refractivity contribution in [2.24, 2.45) is 0 Å². The zero-order chi connectivity index (χ0) is 22.1. The predicted octanol–water partition coefficient (Wildman–Crippen LogP) is 4.49. The van der Waals surface area contributed by atoms with Crippen LogP contribution in [0.15, 0.2) is 24.4 Å². The zero-order valence-electron chi connectivity index (χ0n) is 18.0. The quantitative estimate of drug-likeness (QED) is 0.666. The molecule has 0 unspecified atom stereocenters. The van der Waals surface area contributed by atoms with E-state index in [0.29, 0.717) is 38.0 Å². The number of halogens is 3. The maximum atomic E-state index is 12.9. The van der Waals surface area contributed by atoms with Gasteiger partial charge in [-0.25, -0.2) is 4.98 Å². The van der Waals surface area contributed by atoms with Gasteiger partial charge in [-0.15, -0.1) is 0 Å². The van der Waals surface area contributed by atoms with Gasteiger partial charge in [-0.1, -0.05) is 0 Å². The number of rotatable bonds is 5. The summed E-state index contributed by atoms with van der Waals surface area (Å²) in [5.41, 5.74) is 2.11. The first-order valence-corrected chi connectivity index (χ1v) is 10.3. The zero-order valence-corrected chi connectivity index (χ0v) is 18.0. The van der Waals surface area contributed by atoms with Gasteiger partial charge in [-0.2, -0.15) is 13.2 Å². The lowest BCUT2D eigenvalue weighted by Crippen LogP contribution is -2.34. The average molecular weight is 422 g/mol.